The summed E-state index contributed by atoms with van der Waals surface area (Å²) in [6.07, 6.45) is 0. The van der Waals surface area contributed by atoms with Crippen molar-refractivity contribution in [3.05, 3.63) is 82.9 Å². The Balaban J connectivity index is 1.39. The van der Waals surface area contributed by atoms with E-state index >= 15 is 0 Å². The molecule has 1 atom stereocenters. The topological polar surface area (TPSA) is 453 Å². The molecule has 5 aromatic carbocycles. The van der Waals surface area contributed by atoms with Gasteiger partial charge in [0.05, 0.1) is 67.6 Å². The maximum atomic E-state index is 13.3. The van der Waals surface area contributed by atoms with Gasteiger partial charge in [-0.3, -0.25) is 24.0 Å². The zero-order valence-electron chi connectivity index (χ0n) is 32.4. The minimum Gasteiger partial charge on any atom is -0.505 e. The quantitative estimate of drug-likeness (QED) is 0.00923. The number of non-ortho nitro benzene ring substituents is 1. The van der Waals surface area contributed by atoms with E-state index in [4.69, 9.17) is 15.8 Å². The van der Waals surface area contributed by atoms with Crippen LogP contribution in [0.4, 0.5) is 39.8 Å². The number of carbonyl (C=O) groups excluding carboxylic acids is 1. The number of phenolic OH excluding ortho intramolecular Hbond substituents is 2. The number of azo groups is 3. The molecule has 0 radical (unpaired) electrons. The molecule has 1 aliphatic rings. The minimum absolute atomic E-state index is 0.0676. The van der Waals surface area contributed by atoms with Gasteiger partial charge in [0, 0.05) is 17.0 Å². The Morgan fingerprint density at radius 2 is 1.31 bits per heavy atom. The second-order valence-electron chi connectivity index (χ2n) is 12.4. The molecular formula is C32H21N9O22S5. The van der Waals surface area contributed by atoms with Crippen molar-refractivity contribution in [3.8, 4) is 11.5 Å². The number of carbonyl (C=O) groups is 2. The number of fused-ring (bicyclic) bond motifs is 1. The summed E-state index contributed by atoms with van der Waals surface area (Å²) >= 11 is 0.857. The monoisotopic (exact) mass is 1040 g/mol. The molecule has 68 heavy (non-hydrogen) atoms. The van der Waals surface area contributed by atoms with Gasteiger partial charge in [0.1, 0.15) is 32.5 Å². The average molecular weight is 1040 g/mol. The number of phenols is 2. The van der Waals surface area contributed by atoms with Crippen molar-refractivity contribution in [2.75, 3.05) is 5.01 Å². The number of anilines is 1. The second kappa shape index (κ2) is 21.5. The van der Waals surface area contributed by atoms with E-state index in [9.17, 15) is 61.0 Å². The van der Waals surface area contributed by atoms with Crippen molar-refractivity contribution in [1.29, 1.82) is 0 Å². The Hall–Kier alpha value is -6.72. The summed E-state index contributed by atoms with van der Waals surface area (Å²) in [7, 11) is -10.6. The van der Waals surface area contributed by atoms with E-state index in [1.54, 1.807) is 0 Å². The number of nitrogens with zero attached hydrogens (tertiary/aromatic N) is 9. The number of benzene rings is 5. The molecule has 8 N–H and O–H groups in total. The number of aliphatic carboxylic acids is 1. The predicted molar refractivity (Wildman–Crippen MR) is 224 cm³/mol. The van der Waals surface area contributed by atoms with Crippen LogP contribution in [0.25, 0.3) is 10.8 Å². The van der Waals surface area contributed by atoms with Crippen molar-refractivity contribution in [2.24, 2.45) is 35.8 Å². The fraction of sp³-hybridized carbons (Fsp3) is 0.0312. The van der Waals surface area contributed by atoms with Gasteiger partial charge < -0.3 is 15.3 Å². The third-order valence-corrected chi connectivity index (χ3v) is 12.0. The van der Waals surface area contributed by atoms with Crippen LogP contribution < -0.4 is 5.01 Å². The molecule has 1 heterocycles. The first-order valence-electron chi connectivity index (χ1n) is 17.1. The number of hydrogen-bond acceptors (Lipinski definition) is 29. The molecule has 0 fully saturated rings. The molecule has 0 saturated carbocycles. The van der Waals surface area contributed by atoms with Gasteiger partial charge in [-0.25, -0.2) is 20.6 Å². The van der Waals surface area contributed by atoms with Gasteiger partial charge in [0.15, 0.2) is 17.2 Å². The molecule has 1 unspecified atom stereocenters. The number of hydrazone groups is 1. The summed E-state index contributed by atoms with van der Waals surface area (Å²) in [4.78, 5) is 33.3. The van der Waals surface area contributed by atoms with Gasteiger partial charge in [-0.1, -0.05) is 15.1 Å². The van der Waals surface area contributed by atoms with Crippen LogP contribution in [0.1, 0.15) is 0 Å². The molecule has 0 spiro atoms. The van der Waals surface area contributed by atoms with E-state index < -0.39 is 114 Å². The second-order valence-corrected chi connectivity index (χ2v) is 17.4. The third kappa shape index (κ3) is 11.5. The smallest absolute Gasteiger partial charge is 0.355 e. The van der Waals surface area contributed by atoms with Gasteiger partial charge in [-0.05, 0) is 66.0 Å². The van der Waals surface area contributed by atoms with Crippen LogP contribution in [0.3, 0.4) is 0 Å². The van der Waals surface area contributed by atoms with Crippen LogP contribution in [0.5, 0.6) is 11.5 Å². The van der Waals surface area contributed by atoms with Gasteiger partial charge in [0.25, 0.3) is 31.8 Å². The predicted octanol–water partition coefficient (Wildman–Crippen LogP) is 7.71. The lowest BCUT2D eigenvalue weighted by atomic mass is 10.1. The van der Waals surface area contributed by atoms with Gasteiger partial charge in [0.2, 0.25) is 6.04 Å². The van der Waals surface area contributed by atoms with Gasteiger partial charge >= 0.3 is 5.97 Å². The minimum atomic E-state index is -5.32. The Kier molecular flexibility index (Phi) is 16.0. The van der Waals surface area contributed by atoms with Crippen LogP contribution in [0, 0.1) is 10.1 Å². The fourth-order valence-electron chi connectivity index (χ4n) is 5.56. The molecule has 36 heteroatoms. The summed E-state index contributed by atoms with van der Waals surface area (Å²) in [5.74, 6) is -5.00. The Morgan fingerprint density at radius 1 is 0.721 bits per heavy atom. The standard InChI is InChI=1S/C32H21N9O22S5/c42-29-24-13(10-23(68(55,56)57)26(30(24)43)37-34-18-8-4-16(41(47)48)12-20(18)65-62-59-50)9-21(66-63-60-51)25(29)36-35-19-7-1-14(11-22(19)67(52,53)54)33-38-27-28(32(45)46)39-40(31(27)44)15-2-5-17(6-3-15)64-61-58-49/h1-12,27,42-43,49-51H,(H,45,46)(H,52,53,54)(H,55,56,57). The molecule has 5 aromatic rings. The third-order valence-electron chi connectivity index (χ3n) is 8.39. The molecule has 0 aromatic heterocycles. The number of amides is 1. The normalized spacial score (nSPS) is 14.5. The fourth-order valence-corrected chi connectivity index (χ4v) is 8.18. The number of nitro benzene ring substituents is 1. The molecule has 0 bridgehead atoms. The molecule has 0 saturated heterocycles. The Labute approximate surface area is 388 Å². The van der Waals surface area contributed by atoms with E-state index in [1.165, 1.54) is 24.3 Å². The van der Waals surface area contributed by atoms with Crippen LogP contribution in [-0.2, 0) is 57.9 Å². The first-order chi connectivity index (χ1) is 32.3. The van der Waals surface area contributed by atoms with E-state index in [0.29, 0.717) is 34.1 Å². The van der Waals surface area contributed by atoms with Gasteiger partial charge in [-0.2, -0.15) is 37.2 Å². The number of carboxylic acids is 1. The van der Waals surface area contributed by atoms with Crippen LogP contribution >= 0.6 is 36.1 Å². The summed E-state index contributed by atoms with van der Waals surface area (Å²) < 4.78 is 83.5. The van der Waals surface area contributed by atoms with Crippen molar-refractivity contribution >= 4 is 125 Å². The number of carboxylic acid groups (broad SMARTS) is 1. The maximum Gasteiger partial charge on any atom is 0.355 e. The first-order valence-corrected chi connectivity index (χ1v) is 22.2. The van der Waals surface area contributed by atoms with Crippen LogP contribution in [-0.4, -0.2) is 85.6 Å². The highest BCUT2D eigenvalue weighted by Gasteiger charge is 2.41. The maximum absolute atomic E-state index is 13.3. The number of rotatable bonds is 20. The van der Waals surface area contributed by atoms with Crippen LogP contribution in [0.2, 0.25) is 0 Å². The SMILES string of the molecule is O=C(O)C1=NN(c2ccc(SOOO)cc2)C(=O)C1N=Nc1ccc(N=Nc2c(SOOO)cc3cc(S(=O)(=O)O)c(N=Nc4ccc([N+](=O)[O-])cc4SOOO)c(O)c3c2O)c(S(=O)(=O)O)c1. The van der Waals surface area contributed by atoms with E-state index in [0.717, 1.165) is 36.4 Å². The average Bonchev–Trinajstić information content (AvgIpc) is 3.63. The molecular weight excluding hydrogens is 1020 g/mol. The summed E-state index contributed by atoms with van der Waals surface area (Å²) in [5.41, 5.74) is -4.46. The number of hydrogen-bond donors (Lipinski definition) is 8. The zero-order chi connectivity index (χ0) is 49.5. The lowest BCUT2D eigenvalue weighted by Crippen LogP contribution is -2.33. The zero-order valence-corrected chi connectivity index (χ0v) is 36.4. The lowest BCUT2D eigenvalue weighted by Gasteiger charge is -2.13. The molecule has 6 rings (SSSR count). The number of nitro groups is 1. The Bertz CT molecular complexity index is 3180. The summed E-state index contributed by atoms with van der Waals surface area (Å²) in [6.45, 7) is 0. The molecule has 356 valence electrons. The highest BCUT2D eigenvalue weighted by molar-refractivity contribution is 7.95. The molecule has 31 nitrogen and oxygen atoms in total. The largest absolute Gasteiger partial charge is 0.505 e. The molecule has 1 aliphatic heterocycles. The van der Waals surface area contributed by atoms with Gasteiger partial charge in [-0.15, -0.1) is 33.5 Å². The molecule has 0 aliphatic carbocycles. The van der Waals surface area contributed by atoms with E-state index in [1.807, 2.05) is 0 Å². The van der Waals surface area contributed by atoms with Crippen LogP contribution in [0.15, 0.2) is 133 Å². The van der Waals surface area contributed by atoms with Crippen molar-refractivity contribution in [2.45, 2.75) is 30.5 Å². The first kappa shape index (κ1) is 50.7. The molecule has 1 amide bonds. The summed E-state index contributed by atoms with van der Waals surface area (Å²) in [6, 6.07) is 10.6. The number of aromatic hydroxyl groups is 2. The summed E-state index contributed by atoms with van der Waals surface area (Å²) in [5, 5.41) is 106. The highest BCUT2D eigenvalue weighted by Crippen LogP contribution is 2.51. The van der Waals surface area contributed by atoms with E-state index in [2.05, 4.69) is 63.9 Å². The lowest BCUT2D eigenvalue weighted by molar-refractivity contribution is -0.432. The highest BCUT2D eigenvalue weighted by atomic mass is 32.2. The van der Waals surface area contributed by atoms with E-state index in [-0.39, 0.29) is 40.4 Å². The van der Waals surface area contributed by atoms with Crippen molar-refractivity contribution in [3.63, 3.8) is 0 Å². The van der Waals surface area contributed by atoms with Crippen molar-refractivity contribution in [1.82, 2.24) is 0 Å². The van der Waals surface area contributed by atoms with Crippen molar-refractivity contribution < 1.29 is 99.7 Å². The Morgan fingerprint density at radius 3 is 1.93 bits per heavy atom.